The number of para-hydroxylation sites is 1. The van der Waals surface area contributed by atoms with Crippen molar-refractivity contribution in [1.29, 1.82) is 0 Å². The molecule has 4 rings (SSSR count). The van der Waals surface area contributed by atoms with Crippen molar-refractivity contribution in [1.82, 2.24) is 14.5 Å². The van der Waals surface area contributed by atoms with Crippen LogP contribution in [0.1, 0.15) is 11.1 Å². The number of aryl methyl sites for hydroxylation is 1. The zero-order valence-corrected chi connectivity index (χ0v) is 16.4. The predicted molar refractivity (Wildman–Crippen MR) is 112 cm³/mol. The quantitative estimate of drug-likeness (QED) is 0.720. The maximum absolute atomic E-state index is 12.6. The average molecular weight is 392 g/mol. The van der Waals surface area contributed by atoms with Crippen LogP contribution >= 0.6 is 0 Å². The minimum atomic E-state index is -0.262. The first-order valence-corrected chi connectivity index (χ1v) is 9.74. The van der Waals surface area contributed by atoms with Crippen LogP contribution in [0.4, 0.5) is 5.69 Å². The van der Waals surface area contributed by atoms with Crippen LogP contribution in [-0.2, 0) is 22.6 Å². The smallest absolute Gasteiger partial charge is 0.261 e. The molecule has 0 radical (unpaired) electrons. The highest BCUT2D eigenvalue weighted by atomic mass is 16.5. The largest absolute Gasteiger partial charge is 0.379 e. The molecule has 0 atom stereocenters. The molecular weight excluding hydrogens is 368 g/mol. The van der Waals surface area contributed by atoms with Gasteiger partial charge >= 0.3 is 0 Å². The zero-order chi connectivity index (χ0) is 20.2. The molecule has 7 nitrogen and oxygen atoms in total. The highest BCUT2D eigenvalue weighted by molar-refractivity contribution is 5.90. The van der Waals surface area contributed by atoms with Gasteiger partial charge in [0.05, 0.1) is 30.4 Å². The first-order chi connectivity index (χ1) is 14.1. The monoisotopic (exact) mass is 392 g/mol. The van der Waals surface area contributed by atoms with Crippen LogP contribution in [0.15, 0.2) is 53.6 Å². The number of anilines is 1. The van der Waals surface area contributed by atoms with E-state index in [-0.39, 0.29) is 18.0 Å². The SMILES string of the molecule is Cc1cccc2c(=O)n(CC(=O)Nc3ccc(CN4CCOCC4)cc3)cnc12. The summed E-state index contributed by atoms with van der Waals surface area (Å²) in [5, 5.41) is 3.37. The molecular formula is C22H24N4O3. The fraction of sp³-hybridized carbons (Fsp3) is 0.318. The van der Waals surface area contributed by atoms with E-state index in [4.69, 9.17) is 4.74 Å². The molecule has 2 aromatic carbocycles. The minimum absolute atomic E-state index is 0.0781. The summed E-state index contributed by atoms with van der Waals surface area (Å²) in [6.07, 6.45) is 1.43. The third-order valence-electron chi connectivity index (χ3n) is 5.12. The van der Waals surface area contributed by atoms with Gasteiger partial charge in [0.15, 0.2) is 0 Å². The van der Waals surface area contributed by atoms with Crippen molar-refractivity contribution in [3.8, 4) is 0 Å². The Bertz CT molecular complexity index is 1070. The number of nitrogens with zero attached hydrogens (tertiary/aromatic N) is 3. The van der Waals surface area contributed by atoms with Crippen LogP contribution < -0.4 is 10.9 Å². The summed E-state index contributed by atoms with van der Waals surface area (Å²) in [7, 11) is 0. The maximum atomic E-state index is 12.6. The lowest BCUT2D eigenvalue weighted by atomic mass is 10.1. The molecule has 1 fully saturated rings. The van der Waals surface area contributed by atoms with E-state index in [0.717, 1.165) is 38.4 Å². The fourth-order valence-corrected chi connectivity index (χ4v) is 3.52. The van der Waals surface area contributed by atoms with Gasteiger partial charge in [0.2, 0.25) is 5.91 Å². The van der Waals surface area contributed by atoms with Gasteiger partial charge in [-0.05, 0) is 36.2 Å². The first kappa shape index (κ1) is 19.3. The van der Waals surface area contributed by atoms with Crippen LogP contribution in [0.5, 0.6) is 0 Å². The van der Waals surface area contributed by atoms with E-state index in [1.54, 1.807) is 6.07 Å². The van der Waals surface area contributed by atoms with Crippen LogP contribution in [0.2, 0.25) is 0 Å². The number of fused-ring (bicyclic) bond motifs is 1. The number of rotatable bonds is 5. The number of nitrogens with one attached hydrogen (secondary N) is 1. The van der Waals surface area contributed by atoms with E-state index in [9.17, 15) is 9.59 Å². The highest BCUT2D eigenvalue weighted by Gasteiger charge is 2.12. The van der Waals surface area contributed by atoms with E-state index >= 15 is 0 Å². The molecule has 1 N–H and O–H groups in total. The molecule has 2 heterocycles. The summed E-state index contributed by atoms with van der Waals surface area (Å²) >= 11 is 0. The second-order valence-corrected chi connectivity index (χ2v) is 7.28. The lowest BCUT2D eigenvalue weighted by molar-refractivity contribution is -0.116. The van der Waals surface area contributed by atoms with Crippen LogP contribution in [-0.4, -0.2) is 46.7 Å². The summed E-state index contributed by atoms with van der Waals surface area (Å²) in [5.74, 6) is -0.262. The van der Waals surface area contributed by atoms with Crippen LogP contribution in [0, 0.1) is 6.92 Å². The third kappa shape index (κ3) is 4.52. The van der Waals surface area contributed by atoms with E-state index in [1.807, 2.05) is 43.3 Å². The molecule has 150 valence electrons. The number of ether oxygens (including phenoxy) is 1. The summed E-state index contributed by atoms with van der Waals surface area (Å²) in [5.41, 5.74) is 3.29. The number of benzene rings is 2. The molecule has 0 unspecified atom stereocenters. The van der Waals surface area contributed by atoms with Crippen molar-refractivity contribution in [2.24, 2.45) is 0 Å². The van der Waals surface area contributed by atoms with Crippen LogP contribution in [0.25, 0.3) is 10.9 Å². The standard InChI is InChI=1S/C22H24N4O3/c1-16-3-2-4-19-21(16)23-15-26(22(19)28)14-20(27)24-18-7-5-17(6-8-18)13-25-9-11-29-12-10-25/h2-8,15H,9-14H2,1H3,(H,24,27). The van der Waals surface area contributed by atoms with Gasteiger partial charge in [0, 0.05) is 25.3 Å². The van der Waals surface area contributed by atoms with Gasteiger partial charge in [-0.1, -0.05) is 24.3 Å². The van der Waals surface area contributed by atoms with Gasteiger partial charge in [-0.25, -0.2) is 4.98 Å². The van der Waals surface area contributed by atoms with Gasteiger partial charge in [0.25, 0.3) is 5.56 Å². The lowest BCUT2D eigenvalue weighted by Gasteiger charge is -2.26. The van der Waals surface area contributed by atoms with E-state index in [2.05, 4.69) is 15.2 Å². The molecule has 0 saturated carbocycles. The van der Waals surface area contributed by atoms with Gasteiger partial charge in [-0.2, -0.15) is 0 Å². The molecule has 1 aliphatic rings. The zero-order valence-electron chi connectivity index (χ0n) is 16.4. The number of carbonyl (C=O) groups excluding carboxylic acids is 1. The van der Waals surface area contributed by atoms with E-state index in [0.29, 0.717) is 16.6 Å². The second kappa shape index (κ2) is 8.55. The highest BCUT2D eigenvalue weighted by Crippen LogP contribution is 2.13. The fourth-order valence-electron chi connectivity index (χ4n) is 3.52. The van der Waals surface area contributed by atoms with Crippen molar-refractivity contribution in [2.75, 3.05) is 31.6 Å². The molecule has 1 aromatic heterocycles. The number of hydrogen-bond acceptors (Lipinski definition) is 5. The Hall–Kier alpha value is -3.03. The summed E-state index contributed by atoms with van der Waals surface area (Å²) in [6.45, 7) is 6.13. The maximum Gasteiger partial charge on any atom is 0.261 e. The molecule has 1 amide bonds. The molecule has 0 aliphatic carbocycles. The minimum Gasteiger partial charge on any atom is -0.379 e. The number of carbonyl (C=O) groups is 1. The summed E-state index contributed by atoms with van der Waals surface area (Å²) in [4.78, 5) is 31.7. The number of morpholine rings is 1. The molecule has 0 bridgehead atoms. The van der Waals surface area contributed by atoms with Crippen LogP contribution in [0.3, 0.4) is 0 Å². The molecule has 1 aliphatic heterocycles. The van der Waals surface area contributed by atoms with Crippen molar-refractivity contribution < 1.29 is 9.53 Å². The Morgan fingerprint density at radius 3 is 2.66 bits per heavy atom. The Kier molecular flexibility index (Phi) is 5.69. The normalized spacial score (nSPS) is 14.8. The van der Waals surface area contributed by atoms with Crippen molar-refractivity contribution >= 4 is 22.5 Å². The van der Waals surface area contributed by atoms with Gasteiger partial charge in [-0.15, -0.1) is 0 Å². The number of aromatic nitrogens is 2. The third-order valence-corrected chi connectivity index (χ3v) is 5.12. The van der Waals surface area contributed by atoms with Gasteiger partial charge in [0.1, 0.15) is 6.54 Å². The Morgan fingerprint density at radius 1 is 1.14 bits per heavy atom. The van der Waals surface area contributed by atoms with Crippen molar-refractivity contribution in [3.05, 3.63) is 70.3 Å². The van der Waals surface area contributed by atoms with Crippen molar-refractivity contribution in [2.45, 2.75) is 20.0 Å². The summed E-state index contributed by atoms with van der Waals surface area (Å²) < 4.78 is 6.71. The Morgan fingerprint density at radius 2 is 1.90 bits per heavy atom. The van der Waals surface area contributed by atoms with Gasteiger partial charge < -0.3 is 10.1 Å². The lowest BCUT2D eigenvalue weighted by Crippen LogP contribution is -2.35. The van der Waals surface area contributed by atoms with Crippen molar-refractivity contribution in [3.63, 3.8) is 0 Å². The molecule has 29 heavy (non-hydrogen) atoms. The molecule has 3 aromatic rings. The number of hydrogen-bond donors (Lipinski definition) is 1. The van der Waals surface area contributed by atoms with Gasteiger partial charge in [-0.3, -0.25) is 19.1 Å². The summed E-state index contributed by atoms with van der Waals surface area (Å²) in [6, 6.07) is 13.3. The van der Waals surface area contributed by atoms with E-state index < -0.39 is 0 Å². The molecule has 0 spiro atoms. The predicted octanol–water partition coefficient (Wildman–Crippen LogP) is 2.18. The molecule has 1 saturated heterocycles. The molecule has 7 heteroatoms. The number of amides is 1. The topological polar surface area (TPSA) is 76.5 Å². The second-order valence-electron chi connectivity index (χ2n) is 7.28. The Labute approximate surface area is 168 Å². The average Bonchev–Trinajstić information content (AvgIpc) is 2.73. The van der Waals surface area contributed by atoms with E-state index in [1.165, 1.54) is 16.5 Å². The Balaban J connectivity index is 1.40. The first-order valence-electron chi connectivity index (χ1n) is 9.74.